The molecule has 1 aromatic heterocycles. The summed E-state index contributed by atoms with van der Waals surface area (Å²) in [5.41, 5.74) is 7.10. The first-order valence-corrected chi connectivity index (χ1v) is 6.67. The molecule has 0 aliphatic carbocycles. The Morgan fingerprint density at radius 2 is 2.15 bits per heavy atom. The molecule has 20 heavy (non-hydrogen) atoms. The Morgan fingerprint density at radius 1 is 1.35 bits per heavy atom. The molecule has 6 nitrogen and oxygen atoms in total. The highest BCUT2D eigenvalue weighted by Crippen LogP contribution is 2.24. The van der Waals surface area contributed by atoms with Gasteiger partial charge in [-0.05, 0) is 30.5 Å². The van der Waals surface area contributed by atoms with Crippen LogP contribution in [0.2, 0.25) is 0 Å². The minimum atomic E-state index is -0.344. The lowest BCUT2D eigenvalue weighted by atomic mass is 10.1. The molecule has 0 bridgehead atoms. The van der Waals surface area contributed by atoms with Crippen LogP contribution in [0.25, 0.3) is 0 Å². The Morgan fingerprint density at radius 3 is 2.85 bits per heavy atom. The predicted octanol–water partition coefficient (Wildman–Crippen LogP) is 1.52. The molecule has 1 saturated heterocycles. The van der Waals surface area contributed by atoms with Gasteiger partial charge in [0.15, 0.2) is 5.82 Å². The van der Waals surface area contributed by atoms with Gasteiger partial charge in [0.2, 0.25) is 5.89 Å². The average Bonchev–Trinajstić information content (AvgIpc) is 3.11. The zero-order chi connectivity index (χ0) is 13.9. The van der Waals surface area contributed by atoms with E-state index in [1.54, 1.807) is 12.1 Å². The third kappa shape index (κ3) is 2.81. The normalized spacial score (nSPS) is 20.1. The van der Waals surface area contributed by atoms with Gasteiger partial charge in [-0.15, -0.1) is 0 Å². The number of phenols is 1. The summed E-state index contributed by atoms with van der Waals surface area (Å²) in [6.45, 7) is 1.39. The number of rotatable bonds is 4. The minimum Gasteiger partial charge on any atom is -0.508 e. The van der Waals surface area contributed by atoms with Crippen molar-refractivity contribution in [1.82, 2.24) is 10.1 Å². The Balaban J connectivity index is 1.67. The van der Waals surface area contributed by atoms with Crippen LogP contribution in [0.3, 0.4) is 0 Å². The highest BCUT2D eigenvalue weighted by molar-refractivity contribution is 5.26. The van der Waals surface area contributed by atoms with Gasteiger partial charge < -0.3 is 20.1 Å². The molecule has 106 valence electrons. The van der Waals surface area contributed by atoms with E-state index in [-0.39, 0.29) is 17.7 Å². The number of aromatic nitrogens is 2. The molecule has 2 atom stereocenters. The van der Waals surface area contributed by atoms with Gasteiger partial charge in [0.1, 0.15) is 5.75 Å². The lowest BCUT2D eigenvalue weighted by Gasteiger charge is -2.06. The van der Waals surface area contributed by atoms with E-state index in [2.05, 4.69) is 10.1 Å². The molecule has 6 heteroatoms. The fourth-order valence-corrected chi connectivity index (χ4v) is 2.28. The Kier molecular flexibility index (Phi) is 3.66. The summed E-state index contributed by atoms with van der Waals surface area (Å²) in [4.78, 5) is 4.37. The maximum Gasteiger partial charge on any atom is 0.243 e. The molecule has 0 amide bonds. The molecule has 1 aromatic carbocycles. The molecule has 2 heterocycles. The SMILES string of the molecule is N[C@@H](Cc1ccc(O)cc1)c1nc(C2CCOC2)no1. The van der Waals surface area contributed by atoms with E-state index in [1.807, 2.05) is 12.1 Å². The van der Waals surface area contributed by atoms with Crippen LogP contribution in [0.4, 0.5) is 0 Å². The topological polar surface area (TPSA) is 94.4 Å². The largest absolute Gasteiger partial charge is 0.508 e. The van der Waals surface area contributed by atoms with Crippen molar-refractivity contribution in [2.45, 2.75) is 24.8 Å². The van der Waals surface area contributed by atoms with E-state index in [9.17, 15) is 5.11 Å². The van der Waals surface area contributed by atoms with Crippen molar-refractivity contribution in [3.8, 4) is 5.75 Å². The van der Waals surface area contributed by atoms with Crippen LogP contribution in [-0.4, -0.2) is 28.5 Å². The van der Waals surface area contributed by atoms with Crippen molar-refractivity contribution in [1.29, 1.82) is 0 Å². The monoisotopic (exact) mass is 275 g/mol. The third-order valence-corrected chi connectivity index (χ3v) is 3.46. The maximum atomic E-state index is 9.25. The number of hydrogen-bond donors (Lipinski definition) is 2. The number of nitrogens with zero attached hydrogens (tertiary/aromatic N) is 2. The van der Waals surface area contributed by atoms with Crippen LogP contribution in [0.5, 0.6) is 5.75 Å². The minimum absolute atomic E-state index is 0.216. The second kappa shape index (κ2) is 5.60. The summed E-state index contributed by atoms with van der Waals surface area (Å²) >= 11 is 0. The summed E-state index contributed by atoms with van der Waals surface area (Å²) in [5, 5.41) is 13.2. The van der Waals surface area contributed by atoms with Gasteiger partial charge in [-0.25, -0.2) is 0 Å². The number of aromatic hydroxyl groups is 1. The van der Waals surface area contributed by atoms with E-state index in [1.165, 1.54) is 0 Å². The highest BCUT2D eigenvalue weighted by atomic mass is 16.5. The van der Waals surface area contributed by atoms with Crippen LogP contribution >= 0.6 is 0 Å². The average molecular weight is 275 g/mol. The number of nitrogens with two attached hydrogens (primary N) is 1. The van der Waals surface area contributed by atoms with E-state index in [0.29, 0.717) is 24.7 Å². The quantitative estimate of drug-likeness (QED) is 0.878. The van der Waals surface area contributed by atoms with E-state index >= 15 is 0 Å². The number of hydrogen-bond acceptors (Lipinski definition) is 6. The van der Waals surface area contributed by atoms with Crippen LogP contribution in [-0.2, 0) is 11.2 Å². The van der Waals surface area contributed by atoms with Gasteiger partial charge in [0, 0.05) is 12.5 Å². The van der Waals surface area contributed by atoms with Gasteiger partial charge in [-0.3, -0.25) is 0 Å². The predicted molar refractivity (Wildman–Crippen MR) is 71.2 cm³/mol. The fourth-order valence-electron chi connectivity index (χ4n) is 2.28. The zero-order valence-corrected chi connectivity index (χ0v) is 11.0. The molecule has 0 saturated carbocycles. The molecular formula is C14H17N3O3. The van der Waals surface area contributed by atoms with Crippen molar-refractivity contribution in [2.75, 3.05) is 13.2 Å². The Bertz CT molecular complexity index is 561. The first kappa shape index (κ1) is 13.1. The maximum absolute atomic E-state index is 9.25. The van der Waals surface area contributed by atoms with E-state index in [0.717, 1.165) is 18.6 Å². The fraction of sp³-hybridized carbons (Fsp3) is 0.429. The van der Waals surface area contributed by atoms with Gasteiger partial charge in [0.25, 0.3) is 0 Å². The molecule has 3 N–H and O–H groups in total. The smallest absolute Gasteiger partial charge is 0.243 e. The number of phenolic OH excluding ortho intramolecular Hbond substituents is 1. The van der Waals surface area contributed by atoms with Gasteiger partial charge in [-0.2, -0.15) is 4.98 Å². The summed E-state index contributed by atoms with van der Waals surface area (Å²) in [7, 11) is 0. The first-order valence-electron chi connectivity index (χ1n) is 6.67. The van der Waals surface area contributed by atoms with Crippen LogP contribution < -0.4 is 5.73 Å². The standard InChI is InChI=1S/C14H17N3O3/c15-12(7-9-1-3-11(18)4-2-9)14-16-13(17-20-14)10-5-6-19-8-10/h1-4,10,12,18H,5-8,15H2/t10?,12-/m0/s1. The van der Waals surface area contributed by atoms with Gasteiger partial charge in [-0.1, -0.05) is 17.3 Å². The second-order valence-electron chi connectivity index (χ2n) is 5.03. The van der Waals surface area contributed by atoms with Gasteiger partial charge >= 0.3 is 0 Å². The van der Waals surface area contributed by atoms with Crippen LogP contribution in [0, 0.1) is 0 Å². The Hall–Kier alpha value is -1.92. The van der Waals surface area contributed by atoms with Crippen LogP contribution in [0.1, 0.15) is 35.7 Å². The van der Waals surface area contributed by atoms with E-state index in [4.69, 9.17) is 15.0 Å². The van der Waals surface area contributed by atoms with Crippen molar-refractivity contribution in [2.24, 2.45) is 5.73 Å². The lowest BCUT2D eigenvalue weighted by Crippen LogP contribution is -2.14. The van der Waals surface area contributed by atoms with Crippen molar-refractivity contribution >= 4 is 0 Å². The third-order valence-electron chi connectivity index (χ3n) is 3.46. The lowest BCUT2D eigenvalue weighted by molar-refractivity contribution is 0.192. The number of ether oxygens (including phenoxy) is 1. The summed E-state index contributed by atoms with van der Waals surface area (Å²) in [6, 6.07) is 6.59. The second-order valence-corrected chi connectivity index (χ2v) is 5.03. The number of benzene rings is 1. The summed E-state index contributed by atoms with van der Waals surface area (Å²) < 4.78 is 10.6. The molecule has 0 spiro atoms. The van der Waals surface area contributed by atoms with Crippen molar-refractivity contribution < 1.29 is 14.4 Å². The molecule has 1 aliphatic heterocycles. The first-order chi connectivity index (χ1) is 9.72. The highest BCUT2D eigenvalue weighted by Gasteiger charge is 2.24. The molecular weight excluding hydrogens is 258 g/mol. The summed E-state index contributed by atoms with van der Waals surface area (Å²) in [5.74, 6) is 1.58. The molecule has 0 radical (unpaired) electrons. The van der Waals surface area contributed by atoms with E-state index < -0.39 is 0 Å². The summed E-state index contributed by atoms with van der Waals surface area (Å²) in [6.07, 6.45) is 1.51. The van der Waals surface area contributed by atoms with Gasteiger partial charge in [0.05, 0.1) is 12.6 Å². The molecule has 2 aromatic rings. The van der Waals surface area contributed by atoms with Crippen molar-refractivity contribution in [3.05, 3.63) is 41.5 Å². The van der Waals surface area contributed by atoms with Crippen LogP contribution in [0.15, 0.2) is 28.8 Å². The molecule has 1 aliphatic rings. The molecule has 3 rings (SSSR count). The molecule has 1 fully saturated rings. The van der Waals surface area contributed by atoms with Crippen molar-refractivity contribution in [3.63, 3.8) is 0 Å². The zero-order valence-electron chi connectivity index (χ0n) is 11.0. The molecule has 1 unspecified atom stereocenters. The Labute approximate surface area is 116 Å².